The maximum atomic E-state index is 11.7. The van der Waals surface area contributed by atoms with Gasteiger partial charge in [-0.25, -0.2) is 0 Å². The molecule has 0 heterocycles. The van der Waals surface area contributed by atoms with Crippen LogP contribution >= 0.6 is 0 Å². The largest absolute Gasteiger partial charge is 0.339 e. The first-order chi connectivity index (χ1) is 6.21. The zero-order chi connectivity index (χ0) is 10.3. The number of carbonyl (C=O) groups is 1. The van der Waals surface area contributed by atoms with Crippen molar-refractivity contribution >= 4 is 5.91 Å². The smallest absolute Gasteiger partial charge is 0.227 e. The summed E-state index contributed by atoms with van der Waals surface area (Å²) < 4.78 is 0. The molecule has 1 atom stereocenters. The van der Waals surface area contributed by atoms with Crippen molar-refractivity contribution in [2.24, 2.45) is 11.7 Å². The van der Waals surface area contributed by atoms with Gasteiger partial charge in [-0.05, 0) is 13.3 Å². The lowest BCUT2D eigenvalue weighted by molar-refractivity contribution is -0.134. The molecule has 0 aliphatic heterocycles. The number of nitrogens with zero attached hydrogens (tertiary/aromatic N) is 1. The highest BCUT2D eigenvalue weighted by Gasteiger charge is 2.19. The summed E-state index contributed by atoms with van der Waals surface area (Å²) >= 11 is 0. The number of nitrogens with two attached hydrogens (primary N) is 1. The summed E-state index contributed by atoms with van der Waals surface area (Å²) in [6, 6.07) is 0. The van der Waals surface area contributed by atoms with E-state index < -0.39 is 0 Å². The highest BCUT2D eigenvalue weighted by Crippen LogP contribution is 2.05. The van der Waals surface area contributed by atoms with Crippen LogP contribution in [0.25, 0.3) is 0 Å². The van der Waals surface area contributed by atoms with E-state index in [2.05, 4.69) is 6.58 Å². The van der Waals surface area contributed by atoms with Crippen LogP contribution in [0, 0.1) is 5.92 Å². The Morgan fingerprint density at radius 1 is 1.62 bits per heavy atom. The van der Waals surface area contributed by atoms with Crippen LogP contribution in [0.15, 0.2) is 12.7 Å². The molecule has 0 aromatic carbocycles. The van der Waals surface area contributed by atoms with Gasteiger partial charge in [0.25, 0.3) is 0 Å². The molecule has 1 amide bonds. The molecule has 0 aliphatic carbocycles. The van der Waals surface area contributed by atoms with Gasteiger partial charge in [-0.3, -0.25) is 4.79 Å². The number of hydrogen-bond acceptors (Lipinski definition) is 2. The average molecular weight is 184 g/mol. The fraction of sp³-hybridized carbons (Fsp3) is 0.700. The van der Waals surface area contributed by atoms with E-state index in [1.165, 1.54) is 0 Å². The molecule has 3 heteroatoms. The van der Waals surface area contributed by atoms with Gasteiger partial charge in [0.2, 0.25) is 5.91 Å². The predicted molar refractivity (Wildman–Crippen MR) is 55.3 cm³/mol. The highest BCUT2D eigenvalue weighted by atomic mass is 16.2. The van der Waals surface area contributed by atoms with Crippen LogP contribution < -0.4 is 5.73 Å². The van der Waals surface area contributed by atoms with E-state index in [-0.39, 0.29) is 11.8 Å². The number of rotatable bonds is 6. The molecule has 0 radical (unpaired) electrons. The van der Waals surface area contributed by atoms with Crippen LogP contribution in [0.2, 0.25) is 0 Å². The summed E-state index contributed by atoms with van der Waals surface area (Å²) in [5.41, 5.74) is 5.50. The SMILES string of the molecule is C=CCN(CC)C(=O)C(CC)CN. The molecular weight excluding hydrogens is 164 g/mol. The van der Waals surface area contributed by atoms with Crippen LogP contribution in [0.5, 0.6) is 0 Å². The van der Waals surface area contributed by atoms with Gasteiger partial charge >= 0.3 is 0 Å². The number of carbonyl (C=O) groups excluding carboxylic acids is 1. The molecule has 0 saturated heterocycles. The molecule has 0 aromatic rings. The molecule has 2 N–H and O–H groups in total. The quantitative estimate of drug-likeness (QED) is 0.626. The van der Waals surface area contributed by atoms with Crippen LogP contribution in [-0.4, -0.2) is 30.4 Å². The second-order valence-electron chi connectivity index (χ2n) is 3.01. The van der Waals surface area contributed by atoms with Crippen molar-refractivity contribution in [1.29, 1.82) is 0 Å². The van der Waals surface area contributed by atoms with E-state index in [9.17, 15) is 4.79 Å². The molecule has 0 rings (SSSR count). The van der Waals surface area contributed by atoms with Gasteiger partial charge in [0.1, 0.15) is 0 Å². The first-order valence-corrected chi connectivity index (χ1v) is 4.80. The van der Waals surface area contributed by atoms with Gasteiger partial charge in [0, 0.05) is 19.6 Å². The molecule has 0 aromatic heterocycles. The summed E-state index contributed by atoms with van der Waals surface area (Å²) in [4.78, 5) is 13.5. The van der Waals surface area contributed by atoms with Gasteiger partial charge in [0.15, 0.2) is 0 Å². The van der Waals surface area contributed by atoms with Crippen molar-refractivity contribution in [3.05, 3.63) is 12.7 Å². The molecule has 0 saturated carbocycles. The lowest BCUT2D eigenvalue weighted by Crippen LogP contribution is -2.38. The van der Waals surface area contributed by atoms with Gasteiger partial charge < -0.3 is 10.6 Å². The van der Waals surface area contributed by atoms with Crippen molar-refractivity contribution < 1.29 is 4.79 Å². The number of amides is 1. The lowest BCUT2D eigenvalue weighted by Gasteiger charge is -2.23. The summed E-state index contributed by atoms with van der Waals surface area (Å²) in [6.07, 6.45) is 2.55. The molecule has 13 heavy (non-hydrogen) atoms. The first kappa shape index (κ1) is 12.2. The fourth-order valence-electron chi connectivity index (χ4n) is 1.23. The zero-order valence-electron chi connectivity index (χ0n) is 8.62. The van der Waals surface area contributed by atoms with E-state index >= 15 is 0 Å². The average Bonchev–Trinajstić information content (AvgIpc) is 2.15. The third kappa shape index (κ3) is 3.59. The van der Waals surface area contributed by atoms with Gasteiger partial charge in [-0.1, -0.05) is 13.0 Å². The molecular formula is C10H20N2O. The summed E-state index contributed by atoms with van der Waals surface area (Å²) in [7, 11) is 0. The van der Waals surface area contributed by atoms with Gasteiger partial charge in [-0.15, -0.1) is 6.58 Å². The summed E-state index contributed by atoms with van der Waals surface area (Å²) in [5.74, 6) is 0.118. The molecule has 1 unspecified atom stereocenters. The summed E-state index contributed by atoms with van der Waals surface area (Å²) in [6.45, 7) is 9.34. The van der Waals surface area contributed by atoms with Crippen molar-refractivity contribution in [2.45, 2.75) is 20.3 Å². The first-order valence-electron chi connectivity index (χ1n) is 4.80. The topological polar surface area (TPSA) is 46.3 Å². The van der Waals surface area contributed by atoms with E-state index in [0.717, 1.165) is 13.0 Å². The van der Waals surface area contributed by atoms with Crippen LogP contribution in [0.4, 0.5) is 0 Å². The number of likely N-dealkylation sites (N-methyl/N-ethyl adjacent to an activating group) is 1. The van der Waals surface area contributed by atoms with Crippen molar-refractivity contribution in [2.75, 3.05) is 19.6 Å². The van der Waals surface area contributed by atoms with Crippen molar-refractivity contribution in [3.63, 3.8) is 0 Å². The second-order valence-corrected chi connectivity index (χ2v) is 3.01. The Bertz CT molecular complexity index is 164. The monoisotopic (exact) mass is 184 g/mol. The van der Waals surface area contributed by atoms with Crippen LogP contribution in [0.1, 0.15) is 20.3 Å². The maximum Gasteiger partial charge on any atom is 0.227 e. The fourth-order valence-corrected chi connectivity index (χ4v) is 1.23. The standard InChI is InChI=1S/C10H20N2O/c1-4-7-12(6-3)10(13)9(5-2)8-11/h4,9H,1,5-8,11H2,2-3H3. The molecule has 0 fully saturated rings. The zero-order valence-corrected chi connectivity index (χ0v) is 8.62. The van der Waals surface area contributed by atoms with Crippen LogP contribution in [-0.2, 0) is 4.79 Å². The molecule has 0 bridgehead atoms. The van der Waals surface area contributed by atoms with Crippen LogP contribution in [0.3, 0.4) is 0 Å². The Hall–Kier alpha value is -0.830. The van der Waals surface area contributed by atoms with E-state index in [0.29, 0.717) is 13.1 Å². The van der Waals surface area contributed by atoms with E-state index in [1.54, 1.807) is 11.0 Å². The Morgan fingerprint density at radius 2 is 2.23 bits per heavy atom. The minimum absolute atomic E-state index is 0.0279. The maximum absolute atomic E-state index is 11.7. The van der Waals surface area contributed by atoms with Crippen molar-refractivity contribution in [1.82, 2.24) is 4.90 Å². The Labute approximate surface area is 80.6 Å². The van der Waals surface area contributed by atoms with E-state index in [4.69, 9.17) is 5.73 Å². The Balaban J connectivity index is 4.24. The third-order valence-corrected chi connectivity index (χ3v) is 2.17. The molecule has 0 spiro atoms. The number of hydrogen-bond donors (Lipinski definition) is 1. The second kappa shape index (κ2) is 6.66. The van der Waals surface area contributed by atoms with Gasteiger partial charge in [0.05, 0.1) is 5.92 Å². The van der Waals surface area contributed by atoms with Crippen molar-refractivity contribution in [3.8, 4) is 0 Å². The predicted octanol–water partition coefficient (Wildman–Crippen LogP) is 1.01. The highest BCUT2D eigenvalue weighted by molar-refractivity contribution is 5.79. The minimum Gasteiger partial charge on any atom is -0.339 e. The van der Waals surface area contributed by atoms with E-state index in [1.807, 2.05) is 13.8 Å². The normalized spacial score (nSPS) is 12.2. The summed E-state index contributed by atoms with van der Waals surface area (Å²) in [5, 5.41) is 0. The third-order valence-electron chi connectivity index (χ3n) is 2.17. The Kier molecular flexibility index (Phi) is 6.24. The minimum atomic E-state index is -0.0279. The molecule has 76 valence electrons. The Morgan fingerprint density at radius 3 is 2.54 bits per heavy atom. The molecule has 0 aliphatic rings. The molecule has 3 nitrogen and oxygen atoms in total. The van der Waals surface area contributed by atoms with Gasteiger partial charge in [-0.2, -0.15) is 0 Å². The lowest BCUT2D eigenvalue weighted by atomic mass is 10.1.